The van der Waals surface area contributed by atoms with Gasteiger partial charge in [-0.25, -0.2) is 0 Å². The molecular weight excluding hydrogens is 565 g/mol. The second-order valence-corrected chi connectivity index (χ2v) is 12.3. The van der Waals surface area contributed by atoms with Crippen molar-refractivity contribution in [1.29, 1.82) is 0 Å². The van der Waals surface area contributed by atoms with Gasteiger partial charge in [0.05, 0.1) is 40.0 Å². The highest BCUT2D eigenvalue weighted by Crippen LogP contribution is 2.38. The average molecular weight is 618 g/mol. The van der Waals surface area contributed by atoms with Crippen molar-refractivity contribution in [2.24, 2.45) is 0 Å². The number of carbonyl (C=O) groups excluding carboxylic acids is 2. The van der Waals surface area contributed by atoms with Gasteiger partial charge in [0.15, 0.2) is 6.10 Å². The maximum Gasteiger partial charge on any atom is 0.305 e. The quantitative estimate of drug-likeness (QED) is 0.0539. The van der Waals surface area contributed by atoms with Crippen LogP contribution >= 0.6 is 7.82 Å². The van der Waals surface area contributed by atoms with Gasteiger partial charge in [-0.3, -0.25) is 14.2 Å². The number of aliphatic hydroxyl groups is 2. The summed E-state index contributed by atoms with van der Waals surface area (Å²) in [6.07, 6.45) is 17.8. The molecular formula is C30H52NO10P. The summed E-state index contributed by atoms with van der Waals surface area (Å²) >= 11 is 0. The number of quaternary nitrogens is 1. The van der Waals surface area contributed by atoms with Crippen molar-refractivity contribution < 1.29 is 52.3 Å². The number of aliphatic hydroxyl groups excluding tert-OH is 2. The zero-order valence-electron chi connectivity index (χ0n) is 25.9. The first kappa shape index (κ1) is 39.9. The number of carbonyl (C=O) groups is 2. The average Bonchev–Trinajstić information content (AvgIpc) is 2.88. The van der Waals surface area contributed by atoms with Crippen molar-refractivity contribution in [2.45, 2.75) is 83.5 Å². The first-order valence-electron chi connectivity index (χ1n) is 14.5. The lowest BCUT2D eigenvalue weighted by atomic mass is 10.1. The third kappa shape index (κ3) is 26.8. The zero-order valence-corrected chi connectivity index (χ0v) is 26.8. The minimum Gasteiger partial charge on any atom is -0.756 e. The van der Waals surface area contributed by atoms with Gasteiger partial charge >= 0.3 is 11.9 Å². The number of nitrogens with zero attached hydrogens (tertiary/aromatic N) is 1. The fourth-order valence-corrected chi connectivity index (χ4v) is 4.00. The Morgan fingerprint density at radius 3 is 2.05 bits per heavy atom. The molecule has 0 rings (SSSR count). The number of likely N-dealkylation sites (N-methyl/N-ethyl adjacent to an activating group) is 1. The van der Waals surface area contributed by atoms with Crippen molar-refractivity contribution in [2.75, 3.05) is 47.5 Å². The third-order valence-electron chi connectivity index (χ3n) is 5.61. The number of phosphoric ester groups is 1. The smallest absolute Gasteiger partial charge is 0.305 e. The fraction of sp³-hybridized carbons (Fsp3) is 0.667. The van der Waals surface area contributed by atoms with Gasteiger partial charge in [0.25, 0.3) is 7.82 Å². The van der Waals surface area contributed by atoms with Crippen LogP contribution in [0, 0.1) is 0 Å². The van der Waals surface area contributed by atoms with E-state index in [-0.39, 0.29) is 19.6 Å². The molecule has 0 amide bonds. The summed E-state index contributed by atoms with van der Waals surface area (Å²) < 4.78 is 32.1. The highest BCUT2D eigenvalue weighted by molar-refractivity contribution is 7.45. The third-order valence-corrected chi connectivity index (χ3v) is 6.57. The monoisotopic (exact) mass is 617 g/mol. The number of hydrogen-bond donors (Lipinski definition) is 2. The number of ether oxygens (including phenoxy) is 2. The minimum absolute atomic E-state index is 0.0220. The van der Waals surface area contributed by atoms with Gasteiger partial charge in [-0.2, -0.15) is 0 Å². The zero-order chi connectivity index (χ0) is 31.9. The van der Waals surface area contributed by atoms with E-state index in [1.165, 1.54) is 0 Å². The van der Waals surface area contributed by atoms with E-state index >= 15 is 0 Å². The molecule has 0 aromatic heterocycles. The molecule has 0 spiro atoms. The lowest BCUT2D eigenvalue weighted by Gasteiger charge is -2.28. The van der Waals surface area contributed by atoms with Crippen molar-refractivity contribution in [3.05, 3.63) is 48.6 Å². The molecule has 42 heavy (non-hydrogen) atoms. The summed E-state index contributed by atoms with van der Waals surface area (Å²) in [4.78, 5) is 35.4. The normalized spacial score (nSPS) is 16.3. The van der Waals surface area contributed by atoms with Crippen molar-refractivity contribution >= 4 is 19.8 Å². The van der Waals surface area contributed by atoms with Crippen LogP contribution in [0.5, 0.6) is 0 Å². The van der Waals surface area contributed by atoms with E-state index in [0.717, 1.165) is 32.6 Å². The Balaban J connectivity index is 4.27. The summed E-state index contributed by atoms with van der Waals surface area (Å²) in [5.74, 6) is -1.27. The van der Waals surface area contributed by atoms with E-state index in [2.05, 4.69) is 6.92 Å². The SMILES string of the molecule is CCCCC[C@H](O)/C=C/C=C\C/C=C\C=C\[C@H](O)CCCC(=O)OC[C@H](COP(=O)([O-])OCC[N+](C)(C)C)OC(C)=O. The molecule has 0 fully saturated rings. The lowest BCUT2D eigenvalue weighted by Crippen LogP contribution is -2.37. The van der Waals surface area contributed by atoms with Crippen molar-refractivity contribution in [3.63, 3.8) is 0 Å². The van der Waals surface area contributed by atoms with Crippen LogP contribution in [0.25, 0.3) is 0 Å². The van der Waals surface area contributed by atoms with Crippen molar-refractivity contribution in [3.8, 4) is 0 Å². The predicted octanol–water partition coefficient (Wildman–Crippen LogP) is 3.76. The first-order chi connectivity index (χ1) is 19.7. The summed E-state index contributed by atoms with van der Waals surface area (Å²) in [7, 11) is 1.02. The molecule has 0 saturated carbocycles. The number of rotatable bonds is 24. The molecule has 242 valence electrons. The van der Waals surface area contributed by atoms with Crippen molar-refractivity contribution in [1.82, 2.24) is 0 Å². The lowest BCUT2D eigenvalue weighted by molar-refractivity contribution is -0.870. The van der Waals surface area contributed by atoms with E-state index in [0.29, 0.717) is 30.3 Å². The number of phosphoric acid groups is 1. The molecule has 0 radical (unpaired) electrons. The van der Waals surface area contributed by atoms with Gasteiger partial charge in [-0.1, -0.05) is 74.8 Å². The molecule has 0 saturated heterocycles. The number of esters is 2. The topological polar surface area (TPSA) is 152 Å². The second-order valence-electron chi connectivity index (χ2n) is 10.9. The van der Waals surface area contributed by atoms with Crippen LogP contribution in [-0.2, 0) is 32.7 Å². The van der Waals surface area contributed by atoms with Gasteiger partial charge in [-0.15, -0.1) is 0 Å². The Kier molecular flexibility index (Phi) is 22.2. The Labute approximate surface area is 251 Å². The highest BCUT2D eigenvalue weighted by Gasteiger charge is 2.20. The van der Waals surface area contributed by atoms with E-state index in [4.69, 9.17) is 18.5 Å². The minimum atomic E-state index is -4.63. The van der Waals surface area contributed by atoms with Crippen LogP contribution in [0.1, 0.15) is 65.2 Å². The Hall–Kier alpha value is -2.11. The molecule has 2 N–H and O–H groups in total. The summed E-state index contributed by atoms with van der Waals surface area (Å²) in [6.45, 7) is 2.70. The van der Waals surface area contributed by atoms with Crippen LogP contribution in [0.15, 0.2) is 48.6 Å². The van der Waals surface area contributed by atoms with Gasteiger partial charge < -0.3 is 38.1 Å². The van der Waals surface area contributed by atoms with Gasteiger partial charge in [0, 0.05) is 13.3 Å². The Bertz CT molecular complexity index is 910. The molecule has 0 bridgehead atoms. The maximum absolute atomic E-state index is 12.1. The molecule has 12 heteroatoms. The van der Waals surface area contributed by atoms with E-state index in [1.54, 1.807) is 18.2 Å². The number of allylic oxidation sites excluding steroid dienone is 6. The summed E-state index contributed by atoms with van der Waals surface area (Å²) in [5.41, 5.74) is 0. The largest absolute Gasteiger partial charge is 0.756 e. The molecule has 0 aliphatic heterocycles. The van der Waals surface area contributed by atoms with Crippen LogP contribution in [-0.4, -0.2) is 92.5 Å². The van der Waals surface area contributed by atoms with Gasteiger partial charge in [-0.05, 0) is 25.7 Å². The van der Waals surface area contributed by atoms with Gasteiger partial charge in [0.1, 0.15) is 19.8 Å². The first-order valence-corrected chi connectivity index (χ1v) is 16.0. The molecule has 11 nitrogen and oxygen atoms in total. The van der Waals surface area contributed by atoms with E-state index in [1.807, 2.05) is 51.5 Å². The molecule has 0 aromatic rings. The fourth-order valence-electron chi connectivity index (χ4n) is 3.28. The van der Waals surface area contributed by atoms with Crippen LogP contribution < -0.4 is 4.89 Å². The van der Waals surface area contributed by atoms with E-state index in [9.17, 15) is 29.3 Å². The van der Waals surface area contributed by atoms with E-state index < -0.39 is 44.7 Å². The molecule has 4 atom stereocenters. The summed E-state index contributed by atoms with van der Waals surface area (Å²) in [6, 6.07) is 0. The molecule has 0 aliphatic carbocycles. The second kappa shape index (κ2) is 23.4. The van der Waals surface area contributed by atoms with Crippen LogP contribution in [0.3, 0.4) is 0 Å². The Morgan fingerprint density at radius 2 is 1.50 bits per heavy atom. The molecule has 0 aromatic carbocycles. The standard InChI is InChI=1S/C30H52NO10P/c1-6-7-13-17-27(33)18-14-11-9-8-10-12-15-19-28(34)20-16-21-30(35)38-24-29(41-26(2)32)25-40-42(36,37)39-23-22-31(3,4)5/h9-12,14-15,18-19,27-29,33-34H,6-8,13,16-17,20-25H2,1-5H3/b11-9-,12-10-,18-14+,19-15+/t27-,28-,29+/m0/s1. The molecule has 1 unspecified atom stereocenters. The van der Waals surface area contributed by atoms with Crippen LogP contribution in [0.4, 0.5) is 0 Å². The predicted molar refractivity (Wildman–Crippen MR) is 160 cm³/mol. The number of hydrogen-bond acceptors (Lipinski definition) is 10. The number of unbranched alkanes of at least 4 members (excludes halogenated alkanes) is 2. The maximum atomic E-state index is 12.1. The Morgan fingerprint density at radius 1 is 0.905 bits per heavy atom. The highest BCUT2D eigenvalue weighted by atomic mass is 31.2. The van der Waals surface area contributed by atoms with Gasteiger partial charge in [0.2, 0.25) is 0 Å². The van der Waals surface area contributed by atoms with Crippen LogP contribution in [0.2, 0.25) is 0 Å². The summed E-state index contributed by atoms with van der Waals surface area (Å²) in [5, 5.41) is 19.9. The molecule has 0 heterocycles. The molecule has 0 aliphatic rings.